The first-order valence-corrected chi connectivity index (χ1v) is 7.92. The second-order valence-electron chi connectivity index (χ2n) is 4.52. The first kappa shape index (κ1) is 16.8. The van der Waals surface area contributed by atoms with Gasteiger partial charge in [-0.05, 0) is 18.2 Å². The van der Waals surface area contributed by atoms with Crippen molar-refractivity contribution < 1.29 is 28.2 Å². The molecule has 0 bridgehead atoms. The molecule has 0 spiro atoms. The van der Waals surface area contributed by atoms with Gasteiger partial charge in [0.1, 0.15) is 15.6 Å². The highest BCUT2D eigenvalue weighted by molar-refractivity contribution is 7.90. The third-order valence-corrected chi connectivity index (χ3v) is 3.54. The van der Waals surface area contributed by atoms with Crippen LogP contribution in [0.4, 0.5) is 10.5 Å². The number of nitrogens with zero attached hydrogens (tertiary/aromatic N) is 1. The molecule has 0 saturated carbocycles. The number of anilines is 1. The van der Waals surface area contributed by atoms with Crippen molar-refractivity contribution in [1.29, 1.82) is 0 Å². The van der Waals surface area contributed by atoms with Gasteiger partial charge in [0, 0.05) is 19.8 Å². The van der Waals surface area contributed by atoms with Crippen LogP contribution >= 0.6 is 0 Å². The number of carboxylic acid groups (broad SMARTS) is 1. The summed E-state index contributed by atoms with van der Waals surface area (Å²) in [7, 11) is -1.81. The van der Waals surface area contributed by atoms with Gasteiger partial charge >= 0.3 is 12.0 Å². The summed E-state index contributed by atoms with van der Waals surface area (Å²) in [5, 5.41) is 20.6. The summed E-state index contributed by atoms with van der Waals surface area (Å²) in [4.78, 5) is 24.0. The number of phenols is 1. The van der Waals surface area contributed by atoms with Crippen LogP contribution in [0.1, 0.15) is 10.4 Å². The fourth-order valence-electron chi connectivity index (χ4n) is 1.43. The number of carboxylic acids is 1. The molecule has 0 aliphatic rings. The van der Waals surface area contributed by atoms with Crippen LogP contribution in [0, 0.1) is 0 Å². The second-order valence-corrected chi connectivity index (χ2v) is 6.78. The Kier molecular flexibility index (Phi) is 5.14. The van der Waals surface area contributed by atoms with Crippen molar-refractivity contribution in [1.82, 2.24) is 4.90 Å². The second kappa shape index (κ2) is 6.44. The summed E-state index contributed by atoms with van der Waals surface area (Å²) in [6, 6.07) is 2.85. The summed E-state index contributed by atoms with van der Waals surface area (Å²) in [5.74, 6) is -1.74. The molecule has 1 rings (SSSR count). The Labute approximate surface area is 121 Å². The van der Waals surface area contributed by atoms with Gasteiger partial charge < -0.3 is 20.4 Å². The molecule has 0 aromatic heterocycles. The first-order chi connectivity index (χ1) is 9.60. The van der Waals surface area contributed by atoms with Gasteiger partial charge in [-0.3, -0.25) is 0 Å². The molecule has 0 fully saturated rings. The van der Waals surface area contributed by atoms with Gasteiger partial charge in [-0.15, -0.1) is 0 Å². The summed E-state index contributed by atoms with van der Waals surface area (Å²) in [6.07, 6.45) is 1.06. The number of carbonyl (C=O) groups is 2. The maximum absolute atomic E-state index is 11.9. The van der Waals surface area contributed by atoms with Crippen molar-refractivity contribution in [3.63, 3.8) is 0 Å². The number of phenolic OH excluding ortho intramolecular Hbond substituents is 1. The molecule has 0 atom stereocenters. The Balaban J connectivity index is 2.81. The van der Waals surface area contributed by atoms with E-state index >= 15 is 0 Å². The van der Waals surface area contributed by atoms with E-state index in [9.17, 15) is 23.1 Å². The van der Waals surface area contributed by atoms with Crippen molar-refractivity contribution in [2.45, 2.75) is 0 Å². The minimum Gasteiger partial charge on any atom is -0.508 e. The monoisotopic (exact) mass is 316 g/mol. The highest BCUT2D eigenvalue weighted by Gasteiger charge is 2.16. The molecule has 0 aliphatic heterocycles. The van der Waals surface area contributed by atoms with Crippen molar-refractivity contribution in [3.8, 4) is 5.75 Å². The van der Waals surface area contributed by atoms with E-state index in [0.29, 0.717) is 0 Å². The highest BCUT2D eigenvalue weighted by Crippen LogP contribution is 2.21. The molecule has 0 saturated heterocycles. The lowest BCUT2D eigenvalue weighted by molar-refractivity contribution is 0.0697. The Morgan fingerprint density at radius 1 is 1.33 bits per heavy atom. The zero-order valence-electron chi connectivity index (χ0n) is 11.5. The van der Waals surface area contributed by atoms with Crippen molar-refractivity contribution in [2.75, 3.05) is 30.9 Å². The van der Waals surface area contributed by atoms with Crippen LogP contribution in [0.5, 0.6) is 5.75 Å². The number of carbonyl (C=O) groups excluding carboxylic acids is 1. The normalized spacial score (nSPS) is 11.0. The standard InChI is InChI=1S/C12H16N2O6S/c1-14(5-6-21(2,19)20)12(18)13-10-4-3-8(15)7-9(10)11(16)17/h3-4,7,15H,5-6H2,1-2H3,(H,13,18)(H,16,17). The van der Waals surface area contributed by atoms with Gasteiger partial charge in [0.2, 0.25) is 0 Å². The Hall–Kier alpha value is -2.29. The van der Waals surface area contributed by atoms with Crippen LogP contribution in [-0.4, -0.2) is 61.1 Å². The number of amides is 2. The van der Waals surface area contributed by atoms with E-state index in [-0.39, 0.29) is 29.3 Å². The van der Waals surface area contributed by atoms with Crippen molar-refractivity contribution in [3.05, 3.63) is 23.8 Å². The third kappa shape index (κ3) is 5.30. The number of sulfone groups is 1. The van der Waals surface area contributed by atoms with Crippen molar-refractivity contribution >= 4 is 27.5 Å². The molecule has 116 valence electrons. The average molecular weight is 316 g/mol. The summed E-state index contributed by atoms with van der Waals surface area (Å²) in [6.45, 7) is -0.0227. The van der Waals surface area contributed by atoms with E-state index in [1.165, 1.54) is 19.2 Å². The summed E-state index contributed by atoms with van der Waals surface area (Å²) >= 11 is 0. The number of nitrogens with one attached hydrogen (secondary N) is 1. The summed E-state index contributed by atoms with van der Waals surface area (Å²) in [5.41, 5.74) is -0.253. The molecule has 1 aromatic rings. The number of hydrogen-bond acceptors (Lipinski definition) is 5. The van der Waals surface area contributed by atoms with Crippen LogP contribution in [-0.2, 0) is 9.84 Å². The predicted molar refractivity (Wildman–Crippen MR) is 76.4 cm³/mol. The largest absolute Gasteiger partial charge is 0.508 e. The molecule has 1 aromatic carbocycles. The number of aromatic carboxylic acids is 1. The lowest BCUT2D eigenvalue weighted by Gasteiger charge is -2.18. The third-order valence-electron chi connectivity index (χ3n) is 2.62. The van der Waals surface area contributed by atoms with Gasteiger partial charge in [0.15, 0.2) is 0 Å². The Bertz CT molecular complexity index is 656. The van der Waals surface area contributed by atoms with E-state index in [0.717, 1.165) is 17.2 Å². The fourth-order valence-corrected chi connectivity index (χ4v) is 2.04. The predicted octanol–water partition coefficient (Wildman–Crippen LogP) is 0.599. The van der Waals surface area contributed by atoms with Gasteiger partial charge in [-0.1, -0.05) is 0 Å². The lowest BCUT2D eigenvalue weighted by Crippen LogP contribution is -2.35. The van der Waals surface area contributed by atoms with Gasteiger partial charge in [0.05, 0.1) is 17.0 Å². The van der Waals surface area contributed by atoms with Crippen LogP contribution < -0.4 is 5.32 Å². The smallest absolute Gasteiger partial charge is 0.337 e. The quantitative estimate of drug-likeness (QED) is 0.683. The molecule has 0 heterocycles. The zero-order chi connectivity index (χ0) is 16.2. The highest BCUT2D eigenvalue weighted by atomic mass is 32.2. The molecule has 0 unspecified atom stereocenters. The number of benzene rings is 1. The molecule has 2 amide bonds. The number of urea groups is 1. The number of rotatable bonds is 5. The topological polar surface area (TPSA) is 124 Å². The van der Waals surface area contributed by atoms with Crippen LogP contribution in [0.3, 0.4) is 0 Å². The maximum Gasteiger partial charge on any atom is 0.337 e. The minimum absolute atomic E-state index is 0.0107. The fraction of sp³-hybridized carbons (Fsp3) is 0.333. The zero-order valence-corrected chi connectivity index (χ0v) is 12.3. The number of aromatic hydroxyl groups is 1. The Morgan fingerprint density at radius 2 is 1.95 bits per heavy atom. The van der Waals surface area contributed by atoms with Gasteiger partial charge in [-0.25, -0.2) is 18.0 Å². The van der Waals surface area contributed by atoms with Gasteiger partial charge in [-0.2, -0.15) is 0 Å². The van der Waals surface area contributed by atoms with E-state index in [4.69, 9.17) is 5.11 Å². The van der Waals surface area contributed by atoms with Crippen molar-refractivity contribution in [2.24, 2.45) is 0 Å². The van der Waals surface area contributed by atoms with Crippen LogP contribution in [0.15, 0.2) is 18.2 Å². The summed E-state index contributed by atoms with van der Waals surface area (Å²) < 4.78 is 22.1. The molecule has 0 radical (unpaired) electrons. The SMILES string of the molecule is CN(CCS(C)(=O)=O)C(=O)Nc1ccc(O)cc1C(=O)O. The number of hydrogen-bond donors (Lipinski definition) is 3. The minimum atomic E-state index is -3.20. The van der Waals surface area contributed by atoms with E-state index in [1.54, 1.807) is 0 Å². The van der Waals surface area contributed by atoms with E-state index in [1.807, 2.05) is 0 Å². The lowest BCUT2D eigenvalue weighted by atomic mass is 10.1. The van der Waals surface area contributed by atoms with Crippen LogP contribution in [0.25, 0.3) is 0 Å². The average Bonchev–Trinajstić information content (AvgIpc) is 2.36. The molecule has 21 heavy (non-hydrogen) atoms. The molecule has 8 nitrogen and oxygen atoms in total. The van der Waals surface area contributed by atoms with Crippen LogP contribution in [0.2, 0.25) is 0 Å². The Morgan fingerprint density at radius 3 is 2.48 bits per heavy atom. The molecule has 3 N–H and O–H groups in total. The van der Waals surface area contributed by atoms with E-state index in [2.05, 4.69) is 5.32 Å². The molecular weight excluding hydrogens is 300 g/mol. The molecular formula is C12H16N2O6S. The molecule has 0 aliphatic carbocycles. The maximum atomic E-state index is 11.9. The van der Waals surface area contributed by atoms with E-state index < -0.39 is 21.8 Å². The first-order valence-electron chi connectivity index (χ1n) is 5.86. The molecule has 9 heteroatoms. The van der Waals surface area contributed by atoms with Gasteiger partial charge in [0.25, 0.3) is 0 Å².